The SMILES string of the molecule is CC(C)(C)OC(=O)NCCOc1ccc(F)c(F)c1COc1ccc(F)c(N)c1. The van der Waals surface area contributed by atoms with Crippen LogP contribution in [0.2, 0.25) is 0 Å². The summed E-state index contributed by atoms with van der Waals surface area (Å²) in [5.41, 5.74) is 4.52. The minimum atomic E-state index is -1.13. The summed E-state index contributed by atoms with van der Waals surface area (Å²) in [6.45, 7) is 4.88. The molecule has 0 bridgehead atoms. The Morgan fingerprint density at radius 1 is 1.07 bits per heavy atom. The summed E-state index contributed by atoms with van der Waals surface area (Å²) < 4.78 is 57.0. The van der Waals surface area contributed by atoms with E-state index >= 15 is 0 Å². The molecule has 0 radical (unpaired) electrons. The van der Waals surface area contributed by atoms with Crippen LogP contribution in [0.5, 0.6) is 11.5 Å². The lowest BCUT2D eigenvalue weighted by Crippen LogP contribution is -2.34. The first-order valence-electron chi connectivity index (χ1n) is 8.81. The molecule has 0 fully saturated rings. The molecule has 0 unspecified atom stereocenters. The maximum atomic E-state index is 14.2. The number of nitrogens with one attached hydrogen (secondary N) is 1. The quantitative estimate of drug-likeness (QED) is 0.527. The first-order chi connectivity index (χ1) is 13.6. The third-order valence-electron chi connectivity index (χ3n) is 3.53. The maximum absolute atomic E-state index is 14.2. The molecule has 9 heteroatoms. The lowest BCUT2D eigenvalue weighted by Gasteiger charge is -2.20. The Balaban J connectivity index is 1.98. The van der Waals surface area contributed by atoms with Gasteiger partial charge in [0.1, 0.15) is 36.1 Å². The van der Waals surface area contributed by atoms with Gasteiger partial charge in [-0.2, -0.15) is 0 Å². The van der Waals surface area contributed by atoms with E-state index in [-0.39, 0.29) is 42.5 Å². The lowest BCUT2D eigenvalue weighted by atomic mass is 10.2. The number of benzene rings is 2. The smallest absolute Gasteiger partial charge is 0.407 e. The predicted molar refractivity (Wildman–Crippen MR) is 101 cm³/mol. The number of halogens is 3. The van der Waals surface area contributed by atoms with Crippen molar-refractivity contribution >= 4 is 11.8 Å². The number of rotatable bonds is 7. The van der Waals surface area contributed by atoms with Gasteiger partial charge in [-0.15, -0.1) is 0 Å². The summed E-state index contributed by atoms with van der Waals surface area (Å²) >= 11 is 0. The fourth-order valence-electron chi connectivity index (χ4n) is 2.24. The second kappa shape index (κ2) is 9.40. The van der Waals surface area contributed by atoms with Crippen molar-refractivity contribution in [1.29, 1.82) is 0 Å². The summed E-state index contributed by atoms with van der Waals surface area (Å²) in [5, 5.41) is 2.49. The molecule has 2 aromatic carbocycles. The van der Waals surface area contributed by atoms with Crippen molar-refractivity contribution in [2.24, 2.45) is 0 Å². The van der Waals surface area contributed by atoms with Crippen LogP contribution in [-0.4, -0.2) is 24.8 Å². The highest BCUT2D eigenvalue weighted by Crippen LogP contribution is 2.26. The maximum Gasteiger partial charge on any atom is 0.407 e. The van der Waals surface area contributed by atoms with Crippen LogP contribution < -0.4 is 20.5 Å². The zero-order valence-electron chi connectivity index (χ0n) is 16.4. The minimum absolute atomic E-state index is 0.0131. The van der Waals surface area contributed by atoms with Gasteiger partial charge in [-0.1, -0.05) is 0 Å². The van der Waals surface area contributed by atoms with E-state index in [1.165, 1.54) is 18.2 Å². The summed E-state index contributed by atoms with van der Waals surface area (Å²) in [5.74, 6) is -2.58. The number of ether oxygens (including phenoxy) is 3. The molecule has 0 aliphatic heterocycles. The molecule has 0 saturated carbocycles. The minimum Gasteiger partial charge on any atom is -0.491 e. The molecule has 2 aromatic rings. The predicted octanol–water partition coefficient (Wildman–Crippen LogP) is 4.17. The number of anilines is 1. The van der Waals surface area contributed by atoms with Crippen LogP contribution in [-0.2, 0) is 11.3 Å². The van der Waals surface area contributed by atoms with Crippen molar-refractivity contribution in [2.75, 3.05) is 18.9 Å². The van der Waals surface area contributed by atoms with Gasteiger partial charge in [0, 0.05) is 6.07 Å². The van der Waals surface area contributed by atoms with Gasteiger partial charge in [0.05, 0.1) is 17.8 Å². The van der Waals surface area contributed by atoms with E-state index in [1.807, 2.05) is 0 Å². The largest absolute Gasteiger partial charge is 0.491 e. The Morgan fingerprint density at radius 2 is 1.76 bits per heavy atom. The normalized spacial score (nSPS) is 11.1. The van der Waals surface area contributed by atoms with Gasteiger partial charge < -0.3 is 25.3 Å². The summed E-state index contributed by atoms with van der Waals surface area (Å²) in [6, 6.07) is 5.83. The van der Waals surface area contributed by atoms with Crippen molar-refractivity contribution in [3.63, 3.8) is 0 Å². The molecule has 0 aliphatic carbocycles. The third-order valence-corrected chi connectivity index (χ3v) is 3.53. The fourth-order valence-corrected chi connectivity index (χ4v) is 2.24. The van der Waals surface area contributed by atoms with Gasteiger partial charge in [-0.3, -0.25) is 0 Å². The number of amides is 1. The molecule has 2 rings (SSSR count). The van der Waals surface area contributed by atoms with Crippen LogP contribution in [0.15, 0.2) is 30.3 Å². The molecular formula is C20H23F3N2O4. The monoisotopic (exact) mass is 412 g/mol. The Kier molecular flexibility index (Phi) is 7.19. The summed E-state index contributed by atoms with van der Waals surface area (Å²) in [4.78, 5) is 11.6. The first-order valence-corrected chi connectivity index (χ1v) is 8.81. The van der Waals surface area contributed by atoms with E-state index in [1.54, 1.807) is 20.8 Å². The lowest BCUT2D eigenvalue weighted by molar-refractivity contribution is 0.0520. The molecular weight excluding hydrogens is 389 g/mol. The van der Waals surface area contributed by atoms with Crippen molar-refractivity contribution in [3.8, 4) is 11.5 Å². The third kappa shape index (κ3) is 6.78. The van der Waals surface area contributed by atoms with Crippen molar-refractivity contribution < 1.29 is 32.2 Å². The van der Waals surface area contributed by atoms with Crippen molar-refractivity contribution in [1.82, 2.24) is 5.32 Å². The van der Waals surface area contributed by atoms with E-state index in [0.717, 1.165) is 12.1 Å². The van der Waals surface area contributed by atoms with E-state index in [0.29, 0.717) is 0 Å². The first kappa shape index (κ1) is 22.2. The Hall–Kier alpha value is -3.10. The standard InChI is InChI=1S/C20H23F3N2O4/c1-20(2,3)29-19(26)25-8-9-27-17-7-6-15(22)18(23)13(17)11-28-12-4-5-14(21)16(24)10-12/h4-7,10H,8-9,11,24H2,1-3H3,(H,25,26). The number of nitrogen functional groups attached to an aromatic ring is 1. The van der Waals surface area contributed by atoms with Crippen LogP contribution in [0.25, 0.3) is 0 Å². The molecule has 1 amide bonds. The average Bonchev–Trinajstić information content (AvgIpc) is 2.62. The Labute approximate surface area is 166 Å². The molecule has 158 valence electrons. The summed E-state index contributed by atoms with van der Waals surface area (Å²) in [7, 11) is 0. The van der Waals surface area contributed by atoms with Crippen LogP contribution in [0.3, 0.4) is 0 Å². The van der Waals surface area contributed by atoms with Crippen molar-refractivity contribution in [3.05, 3.63) is 53.3 Å². The molecule has 0 heterocycles. The zero-order chi connectivity index (χ0) is 21.6. The van der Waals surface area contributed by atoms with E-state index < -0.39 is 29.1 Å². The molecule has 0 aromatic heterocycles. The highest BCUT2D eigenvalue weighted by atomic mass is 19.2. The van der Waals surface area contributed by atoms with Crippen LogP contribution in [0, 0.1) is 17.5 Å². The topological polar surface area (TPSA) is 82.8 Å². The van der Waals surface area contributed by atoms with Gasteiger partial charge in [0.25, 0.3) is 0 Å². The van der Waals surface area contributed by atoms with E-state index in [4.69, 9.17) is 19.9 Å². The number of alkyl carbamates (subject to hydrolysis) is 1. The Morgan fingerprint density at radius 3 is 2.41 bits per heavy atom. The second-order valence-electron chi connectivity index (χ2n) is 7.09. The molecule has 29 heavy (non-hydrogen) atoms. The highest BCUT2D eigenvalue weighted by molar-refractivity contribution is 5.67. The fraction of sp³-hybridized carbons (Fsp3) is 0.350. The molecule has 6 nitrogen and oxygen atoms in total. The van der Waals surface area contributed by atoms with Crippen molar-refractivity contribution in [2.45, 2.75) is 33.0 Å². The molecule has 0 atom stereocenters. The van der Waals surface area contributed by atoms with Crippen LogP contribution in [0.4, 0.5) is 23.7 Å². The van der Waals surface area contributed by atoms with Crippen LogP contribution in [0.1, 0.15) is 26.3 Å². The van der Waals surface area contributed by atoms with E-state index in [9.17, 15) is 18.0 Å². The van der Waals surface area contributed by atoms with Gasteiger partial charge >= 0.3 is 6.09 Å². The number of carbonyl (C=O) groups is 1. The summed E-state index contributed by atoms with van der Waals surface area (Å²) in [6.07, 6.45) is -0.621. The van der Waals surface area contributed by atoms with Gasteiger partial charge in [0.15, 0.2) is 11.6 Å². The second-order valence-corrected chi connectivity index (χ2v) is 7.09. The molecule has 0 aliphatic rings. The number of hydrogen-bond donors (Lipinski definition) is 2. The molecule has 3 N–H and O–H groups in total. The number of hydrogen-bond acceptors (Lipinski definition) is 5. The van der Waals surface area contributed by atoms with Crippen LogP contribution >= 0.6 is 0 Å². The number of nitrogens with two attached hydrogens (primary N) is 1. The van der Waals surface area contributed by atoms with Gasteiger partial charge in [-0.05, 0) is 45.0 Å². The molecule has 0 spiro atoms. The van der Waals surface area contributed by atoms with Gasteiger partial charge in [-0.25, -0.2) is 18.0 Å². The zero-order valence-corrected chi connectivity index (χ0v) is 16.4. The average molecular weight is 412 g/mol. The Bertz CT molecular complexity index is 870. The highest BCUT2D eigenvalue weighted by Gasteiger charge is 2.17. The number of carbonyl (C=O) groups excluding carboxylic acids is 1. The van der Waals surface area contributed by atoms with E-state index in [2.05, 4.69) is 5.32 Å². The van der Waals surface area contributed by atoms with Gasteiger partial charge in [0.2, 0.25) is 0 Å². The molecule has 0 saturated heterocycles.